The van der Waals surface area contributed by atoms with E-state index in [0.717, 1.165) is 29.7 Å². The predicted octanol–water partition coefficient (Wildman–Crippen LogP) is 4.81. The molecular weight excluding hydrogens is 448 g/mol. The number of carbonyl (C=O) groups is 1. The second kappa shape index (κ2) is 9.14. The summed E-state index contributed by atoms with van der Waals surface area (Å²) in [5.41, 5.74) is 3.20. The van der Waals surface area contributed by atoms with Crippen molar-refractivity contribution >= 4 is 21.6 Å². The molecule has 6 nitrogen and oxygen atoms in total. The van der Waals surface area contributed by atoms with Crippen LogP contribution >= 0.6 is 0 Å². The van der Waals surface area contributed by atoms with Gasteiger partial charge in [0.2, 0.25) is 0 Å². The number of amides is 1. The summed E-state index contributed by atoms with van der Waals surface area (Å²) in [6, 6.07) is 21.9. The number of sulfonamides is 1. The first-order chi connectivity index (χ1) is 16.5. The number of carbonyl (C=O) groups excluding carboxylic acids is 1. The average molecular weight is 477 g/mol. The number of ether oxygens (including phenoxy) is 1. The third-order valence-corrected chi connectivity index (χ3v) is 8.41. The molecule has 7 heteroatoms. The van der Waals surface area contributed by atoms with Crippen LogP contribution in [0.5, 0.6) is 5.75 Å². The van der Waals surface area contributed by atoms with E-state index >= 15 is 0 Å². The predicted molar refractivity (Wildman–Crippen MR) is 132 cm³/mol. The van der Waals surface area contributed by atoms with E-state index in [2.05, 4.69) is 0 Å². The van der Waals surface area contributed by atoms with Gasteiger partial charge in [0.25, 0.3) is 15.9 Å². The fourth-order valence-corrected chi connectivity index (χ4v) is 6.50. The summed E-state index contributed by atoms with van der Waals surface area (Å²) in [6.45, 7) is 3.61. The van der Waals surface area contributed by atoms with Crippen molar-refractivity contribution in [3.63, 3.8) is 0 Å². The highest BCUT2D eigenvalue weighted by molar-refractivity contribution is 7.92. The Balaban J connectivity index is 1.40. The van der Waals surface area contributed by atoms with Gasteiger partial charge in [0.05, 0.1) is 23.2 Å². The van der Waals surface area contributed by atoms with Crippen LogP contribution in [0.1, 0.15) is 47.3 Å². The van der Waals surface area contributed by atoms with Crippen LogP contribution in [0, 0.1) is 0 Å². The number of anilines is 1. The number of hydrogen-bond acceptors (Lipinski definition) is 4. The zero-order valence-electron chi connectivity index (χ0n) is 19.2. The third kappa shape index (κ3) is 4.05. The highest BCUT2D eigenvalue weighted by atomic mass is 32.2. The Morgan fingerprint density at radius 1 is 1.00 bits per heavy atom. The fourth-order valence-electron chi connectivity index (χ4n) is 4.95. The van der Waals surface area contributed by atoms with Gasteiger partial charge in [0.15, 0.2) is 0 Å². The van der Waals surface area contributed by atoms with E-state index in [1.165, 1.54) is 10.4 Å². The summed E-state index contributed by atoms with van der Waals surface area (Å²) in [6.07, 6.45) is 2.47. The molecule has 0 saturated carbocycles. The number of benzene rings is 3. The van der Waals surface area contributed by atoms with Crippen molar-refractivity contribution in [2.24, 2.45) is 0 Å². The summed E-state index contributed by atoms with van der Waals surface area (Å²) in [5, 5.41) is 0. The van der Waals surface area contributed by atoms with Gasteiger partial charge >= 0.3 is 0 Å². The molecule has 2 aliphatic heterocycles. The Morgan fingerprint density at radius 2 is 1.79 bits per heavy atom. The molecule has 0 spiro atoms. The molecule has 2 aliphatic rings. The SMILES string of the molecule is CCOc1ccc(C2CCCN2C(=O)c2cccc(S(=O)(=O)N3CCc4ccccc43)c2)cc1. The second-order valence-electron chi connectivity index (χ2n) is 8.64. The molecule has 1 saturated heterocycles. The van der Waals surface area contributed by atoms with Crippen molar-refractivity contribution in [2.45, 2.75) is 37.1 Å². The van der Waals surface area contributed by atoms with E-state index < -0.39 is 10.0 Å². The van der Waals surface area contributed by atoms with Gasteiger partial charge < -0.3 is 9.64 Å². The number of fused-ring (bicyclic) bond motifs is 1. The Bertz CT molecular complexity index is 1300. The molecule has 3 aromatic carbocycles. The lowest BCUT2D eigenvalue weighted by molar-refractivity contribution is 0.0735. The van der Waals surface area contributed by atoms with Gasteiger partial charge in [-0.1, -0.05) is 36.4 Å². The Hall–Kier alpha value is -3.32. The first-order valence-electron chi connectivity index (χ1n) is 11.7. The standard InChI is InChI=1S/C27H28N2O4S/c1-2-33-23-14-12-21(13-15-23)25-11-6-17-28(25)27(30)22-8-5-9-24(19-22)34(31,32)29-18-16-20-7-3-4-10-26(20)29/h3-5,7-10,12-15,19,25H,2,6,11,16-18H2,1H3. The minimum absolute atomic E-state index is 0.0334. The average Bonchev–Trinajstić information content (AvgIpc) is 3.52. The highest BCUT2D eigenvalue weighted by Gasteiger charge is 2.33. The number of hydrogen-bond donors (Lipinski definition) is 0. The van der Waals surface area contributed by atoms with Crippen molar-refractivity contribution in [3.05, 3.63) is 89.5 Å². The van der Waals surface area contributed by atoms with Gasteiger partial charge in [-0.25, -0.2) is 8.42 Å². The van der Waals surface area contributed by atoms with Crippen molar-refractivity contribution in [2.75, 3.05) is 24.0 Å². The first-order valence-corrected chi connectivity index (χ1v) is 13.2. The molecule has 2 heterocycles. The van der Waals surface area contributed by atoms with Crippen LogP contribution < -0.4 is 9.04 Å². The molecule has 1 unspecified atom stereocenters. The lowest BCUT2D eigenvalue weighted by Crippen LogP contribution is -2.31. The van der Waals surface area contributed by atoms with E-state index in [0.29, 0.717) is 37.4 Å². The Labute approximate surface area is 200 Å². The Morgan fingerprint density at radius 3 is 2.59 bits per heavy atom. The molecular formula is C27H28N2O4S. The van der Waals surface area contributed by atoms with Gasteiger partial charge in [-0.3, -0.25) is 9.10 Å². The Kier molecular flexibility index (Phi) is 6.04. The van der Waals surface area contributed by atoms with Crippen LogP contribution in [0.2, 0.25) is 0 Å². The van der Waals surface area contributed by atoms with E-state index in [1.807, 2.05) is 60.4 Å². The van der Waals surface area contributed by atoms with E-state index in [-0.39, 0.29) is 16.8 Å². The highest BCUT2D eigenvalue weighted by Crippen LogP contribution is 2.35. The normalized spacial score (nSPS) is 17.6. The van der Waals surface area contributed by atoms with E-state index in [1.54, 1.807) is 18.2 Å². The maximum absolute atomic E-state index is 13.5. The minimum Gasteiger partial charge on any atom is -0.494 e. The number of likely N-dealkylation sites (tertiary alicyclic amines) is 1. The van der Waals surface area contributed by atoms with Crippen LogP contribution in [0.4, 0.5) is 5.69 Å². The summed E-state index contributed by atoms with van der Waals surface area (Å²) in [5.74, 6) is 0.666. The molecule has 1 amide bonds. The maximum atomic E-state index is 13.5. The van der Waals surface area contributed by atoms with Gasteiger partial charge in [0.1, 0.15) is 5.75 Å². The zero-order valence-corrected chi connectivity index (χ0v) is 20.0. The molecule has 0 N–H and O–H groups in total. The van der Waals surface area contributed by atoms with Gasteiger partial charge in [-0.15, -0.1) is 0 Å². The number of nitrogens with zero attached hydrogens (tertiary/aromatic N) is 2. The number of para-hydroxylation sites is 1. The maximum Gasteiger partial charge on any atom is 0.264 e. The summed E-state index contributed by atoms with van der Waals surface area (Å²) in [7, 11) is -3.76. The van der Waals surface area contributed by atoms with E-state index in [9.17, 15) is 13.2 Å². The second-order valence-corrected chi connectivity index (χ2v) is 10.5. The molecule has 1 atom stereocenters. The molecule has 0 radical (unpaired) electrons. The molecule has 0 bridgehead atoms. The molecule has 176 valence electrons. The molecule has 5 rings (SSSR count). The monoisotopic (exact) mass is 476 g/mol. The van der Waals surface area contributed by atoms with Crippen LogP contribution in [0.25, 0.3) is 0 Å². The van der Waals surface area contributed by atoms with Gasteiger partial charge in [0, 0.05) is 18.7 Å². The van der Waals surface area contributed by atoms with Crippen molar-refractivity contribution in [1.29, 1.82) is 0 Å². The van der Waals surface area contributed by atoms with Crippen LogP contribution in [-0.2, 0) is 16.4 Å². The molecule has 0 aliphatic carbocycles. The third-order valence-electron chi connectivity index (χ3n) is 6.60. The van der Waals surface area contributed by atoms with Crippen molar-refractivity contribution in [1.82, 2.24) is 4.90 Å². The zero-order chi connectivity index (χ0) is 23.7. The first kappa shape index (κ1) is 22.5. The number of rotatable bonds is 6. The lowest BCUT2D eigenvalue weighted by Gasteiger charge is -2.26. The fraction of sp³-hybridized carbons (Fsp3) is 0.296. The molecule has 1 fully saturated rings. The summed E-state index contributed by atoms with van der Waals surface area (Å²) >= 11 is 0. The van der Waals surface area contributed by atoms with E-state index in [4.69, 9.17) is 4.74 Å². The molecule has 0 aromatic heterocycles. The summed E-state index contributed by atoms with van der Waals surface area (Å²) in [4.78, 5) is 15.5. The van der Waals surface area contributed by atoms with Crippen molar-refractivity contribution < 1.29 is 17.9 Å². The largest absolute Gasteiger partial charge is 0.494 e. The van der Waals surface area contributed by atoms with Gasteiger partial charge in [-0.05, 0) is 73.7 Å². The molecule has 3 aromatic rings. The molecule has 34 heavy (non-hydrogen) atoms. The topological polar surface area (TPSA) is 66.9 Å². The van der Waals surface area contributed by atoms with Crippen molar-refractivity contribution in [3.8, 4) is 5.75 Å². The summed E-state index contributed by atoms with van der Waals surface area (Å²) < 4.78 is 33.9. The quantitative estimate of drug-likeness (QED) is 0.512. The smallest absolute Gasteiger partial charge is 0.264 e. The lowest BCUT2D eigenvalue weighted by atomic mass is 10.0. The minimum atomic E-state index is -3.76. The van der Waals surface area contributed by atoms with Crippen LogP contribution in [0.15, 0.2) is 77.7 Å². The van der Waals surface area contributed by atoms with Crippen LogP contribution in [-0.4, -0.2) is 38.9 Å². The van der Waals surface area contributed by atoms with Gasteiger partial charge in [-0.2, -0.15) is 0 Å². The van der Waals surface area contributed by atoms with Crippen LogP contribution in [0.3, 0.4) is 0 Å².